The summed E-state index contributed by atoms with van der Waals surface area (Å²) >= 11 is 0. The molecule has 48 valence electrons. The molecule has 3 nitrogen and oxygen atoms in total. The minimum absolute atomic E-state index is 0.183. The maximum atomic E-state index is 9.07. The van der Waals surface area contributed by atoms with E-state index in [2.05, 4.69) is 11.5 Å². The van der Waals surface area contributed by atoms with Crippen LogP contribution in [0.2, 0.25) is 0 Å². The second kappa shape index (κ2) is 2.01. The summed E-state index contributed by atoms with van der Waals surface area (Å²) in [5, 5.41) is 9.07. The standard InChI is InChI=1S/C5H12N2O/c6-3-1-4(7)5(8)2-3/h3-5,8H,1-2,6-7H2/p+2/t3-,4+,5+/m1/s1. The second-order valence-electron chi connectivity index (χ2n) is 2.66. The van der Waals surface area contributed by atoms with Crippen LogP contribution >= 0.6 is 0 Å². The van der Waals surface area contributed by atoms with E-state index < -0.39 is 0 Å². The molecule has 0 amide bonds. The van der Waals surface area contributed by atoms with Crippen LogP contribution in [0.4, 0.5) is 0 Å². The molecule has 0 saturated heterocycles. The van der Waals surface area contributed by atoms with E-state index in [1.54, 1.807) is 0 Å². The summed E-state index contributed by atoms with van der Waals surface area (Å²) in [6.07, 6.45) is 1.65. The molecular formula is C5H14N2O+2. The fraction of sp³-hybridized carbons (Fsp3) is 1.00. The molecule has 0 aromatic carbocycles. The highest BCUT2D eigenvalue weighted by Gasteiger charge is 2.32. The third-order valence-corrected chi connectivity index (χ3v) is 1.76. The number of aliphatic hydroxyl groups is 1. The lowest BCUT2D eigenvalue weighted by Crippen LogP contribution is -2.66. The molecule has 0 unspecified atom stereocenters. The van der Waals surface area contributed by atoms with Gasteiger partial charge in [0, 0.05) is 6.42 Å². The van der Waals surface area contributed by atoms with Crippen LogP contribution in [0.25, 0.3) is 0 Å². The van der Waals surface area contributed by atoms with Crippen molar-refractivity contribution < 1.29 is 16.6 Å². The normalized spacial score (nSPS) is 47.6. The maximum absolute atomic E-state index is 9.07. The fourth-order valence-corrected chi connectivity index (χ4v) is 1.22. The fourth-order valence-electron chi connectivity index (χ4n) is 1.22. The van der Waals surface area contributed by atoms with E-state index in [4.69, 9.17) is 5.11 Å². The van der Waals surface area contributed by atoms with Gasteiger partial charge in [0.15, 0.2) is 0 Å². The van der Waals surface area contributed by atoms with Crippen LogP contribution in [0.1, 0.15) is 12.8 Å². The van der Waals surface area contributed by atoms with Crippen molar-refractivity contribution in [3.8, 4) is 0 Å². The summed E-state index contributed by atoms with van der Waals surface area (Å²) in [6.45, 7) is 0. The molecule has 1 fully saturated rings. The lowest BCUT2D eigenvalue weighted by molar-refractivity contribution is -0.449. The van der Waals surface area contributed by atoms with Gasteiger partial charge in [0.1, 0.15) is 12.1 Å². The van der Waals surface area contributed by atoms with E-state index in [-0.39, 0.29) is 12.1 Å². The number of hydrogen-bond acceptors (Lipinski definition) is 1. The lowest BCUT2D eigenvalue weighted by atomic mass is 10.2. The first kappa shape index (κ1) is 6.01. The monoisotopic (exact) mass is 118 g/mol. The van der Waals surface area contributed by atoms with E-state index in [9.17, 15) is 0 Å². The average Bonchev–Trinajstić information content (AvgIpc) is 1.85. The van der Waals surface area contributed by atoms with Gasteiger partial charge in [-0.25, -0.2) is 0 Å². The van der Waals surface area contributed by atoms with Gasteiger partial charge in [-0.3, -0.25) is 0 Å². The van der Waals surface area contributed by atoms with Gasteiger partial charge in [-0.05, 0) is 0 Å². The minimum atomic E-state index is -0.183. The Labute approximate surface area is 48.7 Å². The summed E-state index contributed by atoms with van der Waals surface area (Å²) in [4.78, 5) is 0. The Balaban J connectivity index is 2.39. The first-order valence-electron chi connectivity index (χ1n) is 3.04. The molecule has 1 saturated carbocycles. The Morgan fingerprint density at radius 3 is 2.00 bits per heavy atom. The van der Waals surface area contributed by atoms with E-state index in [0.717, 1.165) is 12.8 Å². The molecule has 0 aromatic rings. The van der Waals surface area contributed by atoms with E-state index >= 15 is 0 Å². The van der Waals surface area contributed by atoms with Crippen molar-refractivity contribution in [2.24, 2.45) is 0 Å². The molecule has 0 aliphatic heterocycles. The predicted octanol–water partition coefficient (Wildman–Crippen LogP) is -2.64. The summed E-state index contributed by atoms with van der Waals surface area (Å²) in [7, 11) is 0. The van der Waals surface area contributed by atoms with Crippen molar-refractivity contribution in [2.45, 2.75) is 31.0 Å². The first-order valence-corrected chi connectivity index (χ1v) is 3.04. The van der Waals surface area contributed by atoms with Crippen LogP contribution in [0, 0.1) is 0 Å². The zero-order valence-electron chi connectivity index (χ0n) is 5.01. The van der Waals surface area contributed by atoms with Gasteiger partial charge < -0.3 is 16.6 Å². The zero-order valence-corrected chi connectivity index (χ0v) is 5.01. The maximum Gasteiger partial charge on any atom is 0.117 e. The van der Waals surface area contributed by atoms with Crippen molar-refractivity contribution in [1.29, 1.82) is 0 Å². The number of rotatable bonds is 0. The molecule has 1 aliphatic rings. The SMILES string of the molecule is [NH3+][C@@H]1C[C@H]([NH3+])[C@@H](O)C1. The van der Waals surface area contributed by atoms with E-state index in [1.165, 1.54) is 0 Å². The molecule has 0 radical (unpaired) electrons. The summed E-state index contributed by atoms with van der Waals surface area (Å²) in [5.74, 6) is 0. The topological polar surface area (TPSA) is 75.5 Å². The van der Waals surface area contributed by atoms with Gasteiger partial charge in [-0.15, -0.1) is 0 Å². The van der Waals surface area contributed by atoms with Crippen LogP contribution in [0.5, 0.6) is 0 Å². The highest BCUT2D eigenvalue weighted by Crippen LogP contribution is 2.12. The Bertz CT molecular complexity index is 76.5. The molecule has 0 aromatic heterocycles. The Hall–Kier alpha value is -0.120. The second-order valence-corrected chi connectivity index (χ2v) is 2.66. The average molecular weight is 118 g/mol. The van der Waals surface area contributed by atoms with Crippen molar-refractivity contribution in [2.75, 3.05) is 0 Å². The summed E-state index contributed by atoms with van der Waals surface area (Å²) < 4.78 is 0. The van der Waals surface area contributed by atoms with Crippen LogP contribution in [0.15, 0.2) is 0 Å². The van der Waals surface area contributed by atoms with Crippen molar-refractivity contribution >= 4 is 0 Å². The van der Waals surface area contributed by atoms with Gasteiger partial charge in [-0.2, -0.15) is 0 Å². The molecule has 0 heterocycles. The van der Waals surface area contributed by atoms with Crippen LogP contribution in [-0.2, 0) is 0 Å². The number of hydrogen-bond donors (Lipinski definition) is 3. The van der Waals surface area contributed by atoms with Gasteiger partial charge in [0.05, 0.1) is 12.5 Å². The van der Waals surface area contributed by atoms with Gasteiger partial charge in [0.2, 0.25) is 0 Å². The molecule has 0 spiro atoms. The van der Waals surface area contributed by atoms with E-state index in [1.807, 2.05) is 0 Å². The van der Waals surface area contributed by atoms with E-state index in [0.29, 0.717) is 6.04 Å². The zero-order chi connectivity index (χ0) is 6.15. The smallest absolute Gasteiger partial charge is 0.117 e. The van der Waals surface area contributed by atoms with Crippen molar-refractivity contribution in [1.82, 2.24) is 0 Å². The first-order chi connectivity index (χ1) is 3.70. The molecule has 3 atom stereocenters. The Morgan fingerprint density at radius 2 is 1.88 bits per heavy atom. The third kappa shape index (κ3) is 0.992. The van der Waals surface area contributed by atoms with Gasteiger partial charge >= 0.3 is 0 Å². The number of aliphatic hydroxyl groups excluding tert-OH is 1. The highest BCUT2D eigenvalue weighted by atomic mass is 16.3. The highest BCUT2D eigenvalue weighted by molar-refractivity contribution is 4.79. The van der Waals surface area contributed by atoms with Crippen LogP contribution in [0.3, 0.4) is 0 Å². The van der Waals surface area contributed by atoms with Crippen LogP contribution in [-0.4, -0.2) is 23.3 Å². The lowest BCUT2D eigenvalue weighted by Gasteiger charge is -1.99. The molecule has 0 bridgehead atoms. The van der Waals surface area contributed by atoms with Gasteiger partial charge in [0.25, 0.3) is 0 Å². The quantitative estimate of drug-likeness (QED) is 0.319. The third-order valence-electron chi connectivity index (χ3n) is 1.76. The Morgan fingerprint density at radius 1 is 1.25 bits per heavy atom. The van der Waals surface area contributed by atoms with Gasteiger partial charge in [-0.1, -0.05) is 0 Å². The molecule has 3 heteroatoms. The molecule has 1 rings (SSSR count). The molecule has 1 aliphatic carbocycles. The number of quaternary nitrogens is 2. The molecular weight excluding hydrogens is 104 g/mol. The molecule has 8 heavy (non-hydrogen) atoms. The Kier molecular flexibility index (Phi) is 1.51. The molecule has 7 N–H and O–H groups in total. The minimum Gasteiger partial charge on any atom is -0.387 e. The van der Waals surface area contributed by atoms with Crippen molar-refractivity contribution in [3.05, 3.63) is 0 Å². The van der Waals surface area contributed by atoms with Crippen molar-refractivity contribution in [3.63, 3.8) is 0 Å². The summed E-state index contributed by atoms with van der Waals surface area (Å²) in [5.41, 5.74) is 7.62. The largest absolute Gasteiger partial charge is 0.387 e. The van der Waals surface area contributed by atoms with Crippen LogP contribution < -0.4 is 11.5 Å². The summed E-state index contributed by atoms with van der Waals surface area (Å²) in [6, 6.07) is 0.671. The predicted molar refractivity (Wildman–Crippen MR) is 28.6 cm³/mol.